The minimum absolute atomic E-state index is 0.0757. The van der Waals surface area contributed by atoms with Crippen LogP contribution in [0, 0.1) is 19.8 Å². The van der Waals surface area contributed by atoms with Gasteiger partial charge in [-0.3, -0.25) is 9.59 Å². The molecule has 0 spiro atoms. The topological polar surface area (TPSA) is 68.3 Å². The van der Waals surface area contributed by atoms with E-state index in [4.69, 9.17) is 4.74 Å². The zero-order chi connectivity index (χ0) is 16.1. The normalized spacial score (nSPS) is 16.5. The number of rotatable bonds is 6. The van der Waals surface area contributed by atoms with Crippen LogP contribution in [0.1, 0.15) is 54.6 Å². The van der Waals surface area contributed by atoms with E-state index in [-0.39, 0.29) is 36.9 Å². The first-order valence-corrected chi connectivity index (χ1v) is 8.66. The predicted molar refractivity (Wildman–Crippen MR) is 85.6 cm³/mol. The summed E-state index contributed by atoms with van der Waals surface area (Å²) in [4.78, 5) is 29.1. The quantitative estimate of drug-likeness (QED) is 0.817. The smallest absolute Gasteiger partial charge is 0.308 e. The molecule has 1 aromatic heterocycles. The third kappa shape index (κ3) is 4.80. The van der Waals surface area contributed by atoms with Crippen molar-refractivity contribution in [1.29, 1.82) is 0 Å². The van der Waals surface area contributed by atoms with E-state index in [1.807, 2.05) is 20.8 Å². The highest BCUT2D eigenvalue weighted by Gasteiger charge is 2.24. The Labute approximate surface area is 135 Å². The number of carbonyl (C=O) groups is 2. The lowest BCUT2D eigenvalue weighted by molar-refractivity contribution is -0.145. The van der Waals surface area contributed by atoms with Crippen molar-refractivity contribution >= 4 is 23.2 Å². The van der Waals surface area contributed by atoms with E-state index >= 15 is 0 Å². The van der Waals surface area contributed by atoms with Crippen LogP contribution in [0.15, 0.2) is 0 Å². The van der Waals surface area contributed by atoms with Gasteiger partial charge in [-0.15, -0.1) is 11.3 Å². The second-order valence-electron chi connectivity index (χ2n) is 6.00. The SMILES string of the molecule is Cc1nc(C)c(COC(=O)CC(C)NC(=O)C2CCCC2)s1. The van der Waals surface area contributed by atoms with E-state index in [0.717, 1.165) is 41.3 Å². The molecule has 0 radical (unpaired) electrons. The molecule has 1 heterocycles. The number of thiazole rings is 1. The largest absolute Gasteiger partial charge is 0.460 e. The van der Waals surface area contributed by atoms with E-state index < -0.39 is 0 Å². The van der Waals surface area contributed by atoms with E-state index in [2.05, 4.69) is 10.3 Å². The van der Waals surface area contributed by atoms with E-state index in [9.17, 15) is 9.59 Å². The number of carbonyl (C=O) groups excluding carboxylic acids is 2. The Morgan fingerprint density at radius 1 is 1.36 bits per heavy atom. The Hall–Kier alpha value is -1.43. The molecular formula is C16H24N2O3S. The lowest BCUT2D eigenvalue weighted by atomic mass is 10.1. The van der Waals surface area contributed by atoms with Gasteiger partial charge in [0.1, 0.15) is 6.61 Å². The van der Waals surface area contributed by atoms with Crippen molar-refractivity contribution in [2.75, 3.05) is 0 Å². The molecular weight excluding hydrogens is 300 g/mol. The number of aryl methyl sites for hydroxylation is 2. The summed E-state index contributed by atoms with van der Waals surface area (Å²) in [5, 5.41) is 3.89. The standard InChI is InChI=1S/C16H24N2O3S/c1-10(17-16(20)13-6-4-5-7-13)8-15(19)21-9-14-11(2)18-12(3)22-14/h10,13H,4-9H2,1-3H3,(H,17,20). The molecule has 0 bridgehead atoms. The maximum Gasteiger partial charge on any atom is 0.308 e. The summed E-state index contributed by atoms with van der Waals surface area (Å²) >= 11 is 1.54. The monoisotopic (exact) mass is 324 g/mol. The van der Waals surface area contributed by atoms with Gasteiger partial charge in [-0.05, 0) is 33.6 Å². The average Bonchev–Trinajstić information content (AvgIpc) is 3.06. The molecule has 1 aliphatic carbocycles. The van der Waals surface area contributed by atoms with Crippen LogP contribution in [-0.2, 0) is 20.9 Å². The number of hydrogen-bond donors (Lipinski definition) is 1. The number of amides is 1. The molecule has 0 saturated heterocycles. The molecule has 1 saturated carbocycles. The molecule has 1 N–H and O–H groups in total. The number of nitrogens with zero attached hydrogens (tertiary/aromatic N) is 1. The summed E-state index contributed by atoms with van der Waals surface area (Å²) in [5.74, 6) is -0.0855. The van der Waals surface area contributed by atoms with Gasteiger partial charge in [-0.25, -0.2) is 4.98 Å². The third-order valence-corrected chi connectivity index (χ3v) is 5.00. The molecule has 22 heavy (non-hydrogen) atoms. The van der Waals surface area contributed by atoms with Gasteiger partial charge in [-0.2, -0.15) is 0 Å². The zero-order valence-corrected chi connectivity index (χ0v) is 14.3. The van der Waals surface area contributed by atoms with Gasteiger partial charge in [0.05, 0.1) is 22.0 Å². The van der Waals surface area contributed by atoms with Gasteiger partial charge in [0.15, 0.2) is 0 Å². The minimum atomic E-state index is -0.287. The molecule has 1 atom stereocenters. The van der Waals surface area contributed by atoms with Gasteiger partial charge in [0.2, 0.25) is 5.91 Å². The average molecular weight is 324 g/mol. The van der Waals surface area contributed by atoms with Crippen LogP contribution in [0.5, 0.6) is 0 Å². The lowest BCUT2D eigenvalue weighted by Crippen LogP contribution is -2.37. The molecule has 1 amide bonds. The molecule has 122 valence electrons. The van der Waals surface area contributed by atoms with Crippen molar-refractivity contribution in [3.05, 3.63) is 15.6 Å². The number of esters is 1. The van der Waals surface area contributed by atoms with Crippen molar-refractivity contribution in [2.45, 2.75) is 65.5 Å². The molecule has 6 heteroatoms. The highest BCUT2D eigenvalue weighted by atomic mass is 32.1. The molecule has 2 rings (SSSR count). The van der Waals surface area contributed by atoms with Crippen LogP contribution in [0.4, 0.5) is 0 Å². The van der Waals surface area contributed by atoms with Gasteiger partial charge in [0.25, 0.3) is 0 Å². The molecule has 0 aromatic carbocycles. The maximum absolute atomic E-state index is 12.0. The van der Waals surface area contributed by atoms with Crippen molar-refractivity contribution in [1.82, 2.24) is 10.3 Å². The second-order valence-corrected chi connectivity index (χ2v) is 7.29. The molecule has 1 aromatic rings. The number of aromatic nitrogens is 1. The number of hydrogen-bond acceptors (Lipinski definition) is 5. The van der Waals surface area contributed by atoms with Gasteiger partial charge >= 0.3 is 5.97 Å². The Bertz CT molecular complexity index is 535. The van der Waals surface area contributed by atoms with E-state index in [1.165, 1.54) is 0 Å². The van der Waals surface area contributed by atoms with Gasteiger partial charge in [0, 0.05) is 12.0 Å². The Morgan fingerprint density at radius 3 is 2.64 bits per heavy atom. The van der Waals surface area contributed by atoms with E-state index in [1.54, 1.807) is 11.3 Å². The molecule has 1 aliphatic rings. The fourth-order valence-corrected chi connectivity index (χ4v) is 3.61. The summed E-state index contributed by atoms with van der Waals surface area (Å²) in [6.07, 6.45) is 4.39. The number of ether oxygens (including phenoxy) is 1. The van der Waals surface area contributed by atoms with Gasteiger partial charge < -0.3 is 10.1 Å². The van der Waals surface area contributed by atoms with Crippen LogP contribution >= 0.6 is 11.3 Å². The van der Waals surface area contributed by atoms with Crippen LogP contribution in [0.2, 0.25) is 0 Å². The third-order valence-electron chi connectivity index (χ3n) is 3.95. The second kappa shape index (κ2) is 7.72. The first-order chi connectivity index (χ1) is 10.5. The highest BCUT2D eigenvalue weighted by Crippen LogP contribution is 2.24. The summed E-state index contributed by atoms with van der Waals surface area (Å²) in [6.45, 7) is 5.95. The Balaban J connectivity index is 1.71. The molecule has 5 nitrogen and oxygen atoms in total. The first-order valence-electron chi connectivity index (χ1n) is 7.84. The zero-order valence-electron chi connectivity index (χ0n) is 13.5. The fraction of sp³-hybridized carbons (Fsp3) is 0.688. The van der Waals surface area contributed by atoms with Crippen LogP contribution in [-0.4, -0.2) is 22.9 Å². The Kier molecular flexibility index (Phi) is 5.94. The van der Waals surface area contributed by atoms with E-state index in [0.29, 0.717) is 0 Å². The summed E-state index contributed by atoms with van der Waals surface area (Å²) in [5.41, 5.74) is 0.915. The van der Waals surface area contributed by atoms with Crippen molar-refractivity contribution in [3.63, 3.8) is 0 Å². The van der Waals surface area contributed by atoms with Crippen LogP contribution in [0.25, 0.3) is 0 Å². The molecule has 1 unspecified atom stereocenters. The maximum atomic E-state index is 12.0. The van der Waals surface area contributed by atoms with Crippen LogP contribution in [0.3, 0.4) is 0 Å². The van der Waals surface area contributed by atoms with Gasteiger partial charge in [-0.1, -0.05) is 12.8 Å². The molecule has 1 fully saturated rings. The van der Waals surface area contributed by atoms with Crippen molar-refractivity contribution in [2.24, 2.45) is 5.92 Å². The lowest BCUT2D eigenvalue weighted by Gasteiger charge is -2.16. The minimum Gasteiger partial charge on any atom is -0.460 e. The van der Waals surface area contributed by atoms with Crippen molar-refractivity contribution in [3.8, 4) is 0 Å². The summed E-state index contributed by atoms with van der Waals surface area (Å²) in [6, 6.07) is -0.190. The fourth-order valence-electron chi connectivity index (χ4n) is 2.76. The Morgan fingerprint density at radius 2 is 2.05 bits per heavy atom. The highest BCUT2D eigenvalue weighted by molar-refractivity contribution is 7.11. The van der Waals surface area contributed by atoms with Crippen molar-refractivity contribution < 1.29 is 14.3 Å². The molecule has 0 aliphatic heterocycles. The number of nitrogens with one attached hydrogen (secondary N) is 1. The predicted octanol–water partition coefficient (Wildman–Crippen LogP) is 2.89. The van der Waals surface area contributed by atoms with Crippen LogP contribution < -0.4 is 5.32 Å². The first kappa shape index (κ1) is 16.9. The summed E-state index contributed by atoms with van der Waals surface area (Å²) < 4.78 is 5.28. The summed E-state index contributed by atoms with van der Waals surface area (Å²) in [7, 11) is 0.